The number of nitrogens with two attached hydrogens (primary N) is 1. The van der Waals surface area contributed by atoms with Crippen LogP contribution in [0.25, 0.3) is 0 Å². The lowest BCUT2D eigenvalue weighted by atomic mass is 10.7. The molecule has 0 aliphatic heterocycles. The minimum Gasteiger partial charge on any atom is -0.480 e. The number of nitrogen functional groups attached to an aromatic ring is 1. The van der Waals surface area contributed by atoms with Crippen LogP contribution in [0.2, 0.25) is 0 Å². The van der Waals surface area contributed by atoms with Gasteiger partial charge in [0.05, 0.1) is 0 Å². The quantitative estimate of drug-likeness (QED) is 0.602. The van der Waals surface area contributed by atoms with Crippen LogP contribution >= 0.6 is 0 Å². The lowest BCUT2D eigenvalue weighted by molar-refractivity contribution is -0.137. The molecular weight excluding hydrogens is 186 g/mol. The molecule has 1 heterocycles. The first-order valence-electron chi connectivity index (χ1n) is 4.34. The molecule has 0 bridgehead atoms. The van der Waals surface area contributed by atoms with Gasteiger partial charge in [-0.25, -0.2) is 4.68 Å². The predicted molar refractivity (Wildman–Crippen MR) is 48.7 cm³/mol. The molecule has 1 aromatic rings. The number of anilines is 2. The number of nitrogens with one attached hydrogen (secondary N) is 1. The molecule has 1 aliphatic carbocycles. The van der Waals surface area contributed by atoms with Gasteiger partial charge >= 0.3 is 5.97 Å². The zero-order valence-corrected chi connectivity index (χ0v) is 7.47. The highest BCUT2D eigenvalue weighted by Crippen LogP contribution is 2.23. The summed E-state index contributed by atoms with van der Waals surface area (Å²) in [6, 6.07) is 0.426. The van der Waals surface area contributed by atoms with E-state index in [0.29, 0.717) is 12.0 Å². The fourth-order valence-corrected chi connectivity index (χ4v) is 1.07. The Morgan fingerprint density at radius 3 is 3.00 bits per heavy atom. The van der Waals surface area contributed by atoms with Gasteiger partial charge in [-0.2, -0.15) is 4.98 Å². The molecule has 1 fully saturated rings. The molecule has 1 saturated carbocycles. The smallest absolute Gasteiger partial charge is 0.325 e. The van der Waals surface area contributed by atoms with Crippen LogP contribution in [0.4, 0.5) is 11.9 Å². The summed E-state index contributed by atoms with van der Waals surface area (Å²) in [6.07, 6.45) is 2.21. The minimum atomic E-state index is -0.987. The van der Waals surface area contributed by atoms with Gasteiger partial charge in [-0.3, -0.25) is 4.79 Å². The van der Waals surface area contributed by atoms with E-state index in [0.717, 1.165) is 17.5 Å². The van der Waals surface area contributed by atoms with Gasteiger partial charge in [0.25, 0.3) is 0 Å². The van der Waals surface area contributed by atoms with Crippen molar-refractivity contribution in [2.45, 2.75) is 25.4 Å². The molecule has 0 atom stereocenters. The molecule has 14 heavy (non-hydrogen) atoms. The number of aliphatic carboxylic acids is 1. The van der Waals surface area contributed by atoms with Crippen LogP contribution in [0.5, 0.6) is 0 Å². The van der Waals surface area contributed by atoms with Gasteiger partial charge in [0.2, 0.25) is 11.9 Å². The maximum atomic E-state index is 10.4. The van der Waals surface area contributed by atoms with Gasteiger partial charge in [-0.05, 0) is 12.8 Å². The molecule has 1 aromatic heterocycles. The third kappa shape index (κ3) is 1.93. The normalized spacial score (nSPS) is 15.4. The van der Waals surface area contributed by atoms with Crippen molar-refractivity contribution >= 4 is 17.9 Å². The van der Waals surface area contributed by atoms with E-state index in [9.17, 15) is 4.79 Å². The zero-order valence-electron chi connectivity index (χ0n) is 7.47. The fraction of sp³-hybridized carbons (Fsp3) is 0.571. The number of carbonyl (C=O) groups is 1. The van der Waals surface area contributed by atoms with Crippen LogP contribution in [0.15, 0.2) is 0 Å². The summed E-state index contributed by atoms with van der Waals surface area (Å²) in [5.41, 5.74) is 5.47. The highest BCUT2D eigenvalue weighted by Gasteiger charge is 2.23. The van der Waals surface area contributed by atoms with Crippen LogP contribution in [-0.4, -0.2) is 31.9 Å². The number of carboxylic acids is 1. The second-order valence-electron chi connectivity index (χ2n) is 3.26. The van der Waals surface area contributed by atoms with E-state index in [2.05, 4.69) is 15.4 Å². The zero-order chi connectivity index (χ0) is 10.1. The molecule has 0 aromatic carbocycles. The monoisotopic (exact) mass is 197 g/mol. The number of hydrogen-bond donors (Lipinski definition) is 3. The Bertz CT molecular complexity index is 357. The predicted octanol–water partition coefficient (Wildman–Crippen LogP) is -0.481. The number of nitrogens with zero attached hydrogens (tertiary/aromatic N) is 3. The van der Waals surface area contributed by atoms with Crippen molar-refractivity contribution < 1.29 is 9.90 Å². The van der Waals surface area contributed by atoms with Gasteiger partial charge in [0, 0.05) is 6.04 Å². The molecule has 7 nitrogen and oxygen atoms in total. The number of hydrogen-bond acceptors (Lipinski definition) is 5. The lowest BCUT2D eigenvalue weighted by Crippen LogP contribution is -2.13. The molecule has 0 amide bonds. The van der Waals surface area contributed by atoms with Crippen molar-refractivity contribution in [3.05, 3.63) is 0 Å². The van der Waals surface area contributed by atoms with E-state index in [-0.39, 0.29) is 12.5 Å². The highest BCUT2D eigenvalue weighted by molar-refractivity contribution is 5.66. The number of carboxylic acid groups (broad SMARTS) is 1. The number of rotatable bonds is 4. The lowest BCUT2D eigenvalue weighted by Gasteiger charge is -1.96. The summed E-state index contributed by atoms with van der Waals surface area (Å²) in [4.78, 5) is 14.3. The Labute approximate surface area is 79.9 Å². The average Bonchev–Trinajstić information content (AvgIpc) is 2.79. The van der Waals surface area contributed by atoms with E-state index in [1.807, 2.05) is 0 Å². The third-order valence-electron chi connectivity index (χ3n) is 1.90. The van der Waals surface area contributed by atoms with Gasteiger partial charge in [0.15, 0.2) is 0 Å². The molecule has 2 rings (SSSR count). The first-order chi connectivity index (χ1) is 6.65. The first-order valence-corrected chi connectivity index (χ1v) is 4.34. The first kappa shape index (κ1) is 8.79. The fourth-order valence-electron chi connectivity index (χ4n) is 1.07. The number of aromatic nitrogens is 3. The largest absolute Gasteiger partial charge is 0.480 e. The molecule has 0 saturated heterocycles. The van der Waals surface area contributed by atoms with Crippen LogP contribution in [-0.2, 0) is 11.3 Å². The summed E-state index contributed by atoms with van der Waals surface area (Å²) in [7, 11) is 0. The summed E-state index contributed by atoms with van der Waals surface area (Å²) in [6.45, 7) is -0.259. The summed E-state index contributed by atoms with van der Waals surface area (Å²) >= 11 is 0. The van der Waals surface area contributed by atoms with E-state index < -0.39 is 5.97 Å². The van der Waals surface area contributed by atoms with E-state index >= 15 is 0 Å². The molecule has 0 spiro atoms. The van der Waals surface area contributed by atoms with Gasteiger partial charge in [-0.1, -0.05) is 0 Å². The summed E-state index contributed by atoms with van der Waals surface area (Å²) in [5.74, 6) is -0.457. The second kappa shape index (κ2) is 3.17. The highest BCUT2D eigenvalue weighted by atomic mass is 16.4. The molecule has 0 unspecified atom stereocenters. The molecule has 1 aliphatic rings. The Balaban J connectivity index is 2.07. The van der Waals surface area contributed by atoms with E-state index in [1.54, 1.807) is 0 Å². The Morgan fingerprint density at radius 2 is 2.43 bits per heavy atom. The standard InChI is InChI=1S/C7H11N5O2/c8-6-10-7(9-4-1-2-4)11-12(6)3-5(13)14/h4H,1-3H2,(H,13,14)(H3,8,9,10,11). The van der Waals surface area contributed by atoms with Crippen molar-refractivity contribution in [3.63, 3.8) is 0 Å². The summed E-state index contributed by atoms with van der Waals surface area (Å²) < 4.78 is 1.16. The van der Waals surface area contributed by atoms with Crippen molar-refractivity contribution in [1.29, 1.82) is 0 Å². The van der Waals surface area contributed by atoms with Crippen LogP contribution in [0.3, 0.4) is 0 Å². The van der Waals surface area contributed by atoms with E-state index in [4.69, 9.17) is 10.8 Å². The van der Waals surface area contributed by atoms with Gasteiger partial charge in [0.1, 0.15) is 6.54 Å². The van der Waals surface area contributed by atoms with E-state index in [1.165, 1.54) is 0 Å². The van der Waals surface area contributed by atoms with Crippen LogP contribution in [0.1, 0.15) is 12.8 Å². The van der Waals surface area contributed by atoms with Gasteiger partial charge < -0.3 is 16.2 Å². The van der Waals surface area contributed by atoms with Crippen molar-refractivity contribution in [3.8, 4) is 0 Å². The molecule has 4 N–H and O–H groups in total. The summed E-state index contributed by atoms with van der Waals surface area (Å²) in [5, 5.41) is 15.5. The molecule has 76 valence electrons. The van der Waals surface area contributed by atoms with Crippen molar-refractivity contribution in [2.24, 2.45) is 0 Å². The average molecular weight is 197 g/mol. The van der Waals surface area contributed by atoms with Gasteiger partial charge in [-0.15, -0.1) is 5.10 Å². The molecule has 7 heteroatoms. The van der Waals surface area contributed by atoms with Crippen molar-refractivity contribution in [1.82, 2.24) is 14.8 Å². The van der Waals surface area contributed by atoms with Crippen LogP contribution < -0.4 is 11.1 Å². The maximum Gasteiger partial charge on any atom is 0.325 e. The maximum absolute atomic E-state index is 10.4. The Hall–Kier alpha value is -1.79. The molecule has 0 radical (unpaired) electrons. The Morgan fingerprint density at radius 1 is 1.71 bits per heavy atom. The second-order valence-corrected chi connectivity index (χ2v) is 3.26. The SMILES string of the molecule is Nc1nc(NC2CC2)nn1CC(=O)O. The van der Waals surface area contributed by atoms with Crippen LogP contribution in [0, 0.1) is 0 Å². The molecular formula is C7H11N5O2. The Kier molecular flexibility index (Phi) is 1.99. The topological polar surface area (TPSA) is 106 Å². The van der Waals surface area contributed by atoms with Crippen molar-refractivity contribution in [2.75, 3.05) is 11.1 Å². The third-order valence-corrected chi connectivity index (χ3v) is 1.90. The minimum absolute atomic E-state index is 0.121.